The van der Waals surface area contributed by atoms with Gasteiger partial charge in [0, 0.05) is 29.4 Å². The van der Waals surface area contributed by atoms with Gasteiger partial charge in [-0.25, -0.2) is 19.3 Å². The van der Waals surface area contributed by atoms with Gasteiger partial charge in [0.2, 0.25) is 0 Å². The fourth-order valence-corrected chi connectivity index (χ4v) is 3.74. The van der Waals surface area contributed by atoms with Crippen LogP contribution in [-0.2, 0) is 6.42 Å². The van der Waals surface area contributed by atoms with Crippen molar-refractivity contribution in [3.63, 3.8) is 0 Å². The van der Waals surface area contributed by atoms with E-state index in [0.29, 0.717) is 22.4 Å². The molecule has 162 valence electrons. The zero-order valence-corrected chi connectivity index (χ0v) is 18.1. The fraction of sp³-hybridized carbons (Fsp3) is 0.200. The molecule has 2 N–H and O–H groups in total. The van der Waals surface area contributed by atoms with Crippen LogP contribution in [0.1, 0.15) is 40.3 Å². The maximum absolute atomic E-state index is 14.8. The minimum Gasteiger partial charge on any atom is -0.497 e. The van der Waals surface area contributed by atoms with E-state index in [2.05, 4.69) is 21.9 Å². The van der Waals surface area contributed by atoms with Gasteiger partial charge in [0.15, 0.2) is 0 Å². The Bertz CT molecular complexity index is 1310. The Kier molecular flexibility index (Phi) is 5.81. The van der Waals surface area contributed by atoms with Crippen LogP contribution in [-0.4, -0.2) is 28.0 Å². The number of amides is 1. The first kappa shape index (κ1) is 21.4. The molecule has 0 radical (unpaired) electrons. The number of hydrogen-bond acceptors (Lipinski definition) is 5. The van der Waals surface area contributed by atoms with Crippen molar-refractivity contribution in [1.29, 1.82) is 0 Å². The van der Waals surface area contributed by atoms with Crippen molar-refractivity contribution in [1.82, 2.24) is 15.0 Å². The molecule has 2 aromatic heterocycles. The number of methoxy groups -OCH3 is 1. The molecule has 1 amide bonds. The van der Waals surface area contributed by atoms with Gasteiger partial charge in [0.25, 0.3) is 5.91 Å². The van der Waals surface area contributed by atoms with Gasteiger partial charge < -0.3 is 10.5 Å². The molecule has 0 fully saturated rings. The summed E-state index contributed by atoms with van der Waals surface area (Å²) in [6, 6.07) is 12.0. The molecule has 0 aliphatic carbocycles. The highest BCUT2D eigenvalue weighted by Gasteiger charge is 2.16. The fourth-order valence-electron chi connectivity index (χ4n) is 3.74. The van der Waals surface area contributed by atoms with E-state index in [1.165, 1.54) is 19.2 Å². The number of primary amides is 1. The van der Waals surface area contributed by atoms with Crippen LogP contribution in [0, 0.1) is 12.7 Å². The number of nitrogens with zero attached hydrogens (tertiary/aromatic N) is 3. The predicted octanol–water partition coefficient (Wildman–Crippen LogP) is 4.59. The molecule has 0 unspecified atom stereocenters. The molecule has 6 nitrogen and oxygen atoms in total. The third-order valence-corrected chi connectivity index (χ3v) is 5.50. The number of benzene rings is 2. The van der Waals surface area contributed by atoms with E-state index >= 15 is 0 Å². The summed E-state index contributed by atoms with van der Waals surface area (Å²) in [4.78, 5) is 24.9. The van der Waals surface area contributed by atoms with Gasteiger partial charge >= 0.3 is 0 Å². The Morgan fingerprint density at radius 3 is 2.50 bits per heavy atom. The van der Waals surface area contributed by atoms with Gasteiger partial charge in [-0.3, -0.25) is 4.79 Å². The molecule has 4 aromatic rings. The SMILES string of the molecule is COc1ccc(-c2cc(C(N)=O)nc3cc([C@@H](C)Cc4cnc(C)nc4)ccc23)c(F)c1. The lowest BCUT2D eigenvalue weighted by atomic mass is 9.92. The van der Waals surface area contributed by atoms with Crippen LogP contribution >= 0.6 is 0 Å². The topological polar surface area (TPSA) is 91.0 Å². The van der Waals surface area contributed by atoms with Crippen LogP contribution in [0.15, 0.2) is 54.9 Å². The minimum atomic E-state index is -0.669. The van der Waals surface area contributed by atoms with Crippen molar-refractivity contribution < 1.29 is 13.9 Å². The van der Waals surface area contributed by atoms with Gasteiger partial charge in [-0.2, -0.15) is 0 Å². The maximum Gasteiger partial charge on any atom is 0.267 e. The largest absolute Gasteiger partial charge is 0.497 e. The molecule has 2 heterocycles. The van der Waals surface area contributed by atoms with Crippen LogP contribution in [0.5, 0.6) is 5.75 Å². The molecule has 0 saturated carbocycles. The van der Waals surface area contributed by atoms with Gasteiger partial charge in [-0.15, -0.1) is 0 Å². The van der Waals surface area contributed by atoms with Crippen molar-refractivity contribution in [3.8, 4) is 16.9 Å². The zero-order chi connectivity index (χ0) is 22.8. The van der Waals surface area contributed by atoms with Gasteiger partial charge in [-0.1, -0.05) is 19.1 Å². The Morgan fingerprint density at radius 2 is 1.84 bits per heavy atom. The summed E-state index contributed by atoms with van der Waals surface area (Å²) in [6.45, 7) is 3.95. The molecule has 0 bridgehead atoms. The van der Waals surface area contributed by atoms with Crippen LogP contribution in [0.25, 0.3) is 22.0 Å². The minimum absolute atomic E-state index is 0.0828. The van der Waals surface area contributed by atoms with Crippen LogP contribution in [0.3, 0.4) is 0 Å². The number of halogens is 1. The first-order valence-corrected chi connectivity index (χ1v) is 10.2. The highest BCUT2D eigenvalue weighted by molar-refractivity contribution is 6.01. The lowest BCUT2D eigenvalue weighted by Gasteiger charge is -2.15. The van der Waals surface area contributed by atoms with E-state index in [-0.39, 0.29) is 11.6 Å². The summed E-state index contributed by atoms with van der Waals surface area (Å²) >= 11 is 0. The molecule has 0 aliphatic rings. The number of ether oxygens (including phenoxy) is 1. The maximum atomic E-state index is 14.8. The van der Waals surface area contributed by atoms with Gasteiger partial charge in [0.05, 0.1) is 12.6 Å². The first-order valence-electron chi connectivity index (χ1n) is 10.2. The Balaban J connectivity index is 1.79. The standard InChI is InChI=1S/C25H23FN4O2/c1-14(8-16-12-28-15(2)29-13-16)17-4-6-20-21(11-24(25(27)31)30-23(20)9-17)19-7-5-18(32-3)10-22(19)26/h4-7,9-14H,8H2,1-3H3,(H2,27,31)/t14-/m0/s1. The monoisotopic (exact) mass is 430 g/mol. The molecule has 2 aromatic carbocycles. The molecule has 4 rings (SSSR count). The number of aromatic nitrogens is 3. The van der Waals surface area contributed by atoms with Crippen molar-refractivity contribution in [2.24, 2.45) is 5.73 Å². The van der Waals surface area contributed by atoms with Crippen molar-refractivity contribution >= 4 is 16.8 Å². The summed E-state index contributed by atoms with van der Waals surface area (Å²) in [5.74, 6) is 0.178. The van der Waals surface area contributed by atoms with Gasteiger partial charge in [0.1, 0.15) is 23.1 Å². The number of hydrogen-bond donors (Lipinski definition) is 1. The second-order valence-electron chi connectivity index (χ2n) is 7.79. The Hall–Kier alpha value is -3.87. The molecular weight excluding hydrogens is 407 g/mol. The molecule has 32 heavy (non-hydrogen) atoms. The Morgan fingerprint density at radius 1 is 1.09 bits per heavy atom. The summed E-state index contributed by atoms with van der Waals surface area (Å²) in [7, 11) is 1.48. The molecule has 7 heteroatoms. The normalized spacial score (nSPS) is 12.0. The quantitative estimate of drug-likeness (QED) is 0.483. The molecule has 0 spiro atoms. The number of rotatable bonds is 6. The first-order chi connectivity index (χ1) is 15.4. The summed E-state index contributed by atoms with van der Waals surface area (Å²) in [5.41, 5.74) is 9.14. The van der Waals surface area contributed by atoms with Crippen molar-refractivity contribution in [2.75, 3.05) is 7.11 Å². The van der Waals surface area contributed by atoms with Crippen LogP contribution < -0.4 is 10.5 Å². The second kappa shape index (κ2) is 8.70. The highest BCUT2D eigenvalue weighted by atomic mass is 19.1. The lowest BCUT2D eigenvalue weighted by Crippen LogP contribution is -2.13. The van der Waals surface area contributed by atoms with Crippen molar-refractivity contribution in [2.45, 2.75) is 26.2 Å². The smallest absolute Gasteiger partial charge is 0.267 e. The zero-order valence-electron chi connectivity index (χ0n) is 18.1. The number of carbonyl (C=O) groups excluding carboxylic acids is 1. The van der Waals surface area contributed by atoms with E-state index in [9.17, 15) is 9.18 Å². The van der Waals surface area contributed by atoms with Gasteiger partial charge in [-0.05, 0) is 60.2 Å². The van der Waals surface area contributed by atoms with Crippen molar-refractivity contribution in [3.05, 3.63) is 83.3 Å². The van der Waals surface area contributed by atoms with Crippen LogP contribution in [0.4, 0.5) is 4.39 Å². The number of carbonyl (C=O) groups is 1. The summed E-state index contributed by atoms with van der Waals surface area (Å²) < 4.78 is 19.9. The molecule has 0 aliphatic heterocycles. The molecule has 1 atom stereocenters. The number of aryl methyl sites for hydroxylation is 1. The van der Waals surface area contributed by atoms with E-state index in [1.807, 2.05) is 37.5 Å². The molecule has 0 saturated heterocycles. The molecular formula is C25H23FN4O2. The average molecular weight is 430 g/mol. The third kappa shape index (κ3) is 4.27. The number of nitrogens with two attached hydrogens (primary N) is 1. The lowest BCUT2D eigenvalue weighted by molar-refractivity contribution is 0.0996. The third-order valence-electron chi connectivity index (χ3n) is 5.50. The second-order valence-corrected chi connectivity index (χ2v) is 7.79. The summed E-state index contributed by atoms with van der Waals surface area (Å²) in [6.07, 6.45) is 4.41. The van der Waals surface area contributed by atoms with E-state index in [0.717, 1.165) is 28.8 Å². The number of pyridine rings is 1. The predicted molar refractivity (Wildman–Crippen MR) is 121 cm³/mol. The van der Waals surface area contributed by atoms with Crippen LogP contribution in [0.2, 0.25) is 0 Å². The van der Waals surface area contributed by atoms with E-state index in [1.54, 1.807) is 12.1 Å². The Labute approximate surface area is 185 Å². The van der Waals surface area contributed by atoms with E-state index in [4.69, 9.17) is 10.5 Å². The highest BCUT2D eigenvalue weighted by Crippen LogP contribution is 2.34. The number of fused-ring (bicyclic) bond motifs is 1. The average Bonchev–Trinajstić information content (AvgIpc) is 2.79. The summed E-state index contributed by atoms with van der Waals surface area (Å²) in [5, 5.41) is 0.730. The van der Waals surface area contributed by atoms with E-state index < -0.39 is 11.7 Å².